The Hall–Kier alpha value is -0.910. The summed E-state index contributed by atoms with van der Waals surface area (Å²) in [4.78, 5) is 8.15. The van der Waals surface area contributed by atoms with E-state index in [1.165, 1.54) is 95.5 Å². The molecule has 3 heterocycles. The normalized spacial score (nSPS) is 28.3. The fraction of sp³-hybridized carbons (Fsp3) is 0.850. The van der Waals surface area contributed by atoms with Gasteiger partial charge in [0.1, 0.15) is 0 Å². The number of hydrogen-bond acceptors (Lipinski definition) is 4. The summed E-state index contributed by atoms with van der Waals surface area (Å²) in [5.74, 6) is 0.780. The van der Waals surface area contributed by atoms with Gasteiger partial charge in [0.2, 0.25) is 0 Å². The second-order valence-electron chi connectivity index (χ2n) is 8.79. The van der Waals surface area contributed by atoms with Gasteiger partial charge in [0, 0.05) is 75.1 Å². The molecule has 4 aliphatic rings. The first kappa shape index (κ1) is 16.3. The summed E-state index contributed by atoms with van der Waals surface area (Å²) in [6.45, 7) is 8.77. The van der Waals surface area contributed by atoms with Crippen molar-refractivity contribution in [2.24, 2.45) is 0 Å². The van der Waals surface area contributed by atoms with E-state index in [9.17, 15) is 0 Å². The van der Waals surface area contributed by atoms with Crippen LogP contribution >= 0.6 is 0 Å². The van der Waals surface area contributed by atoms with Crippen LogP contribution in [0.5, 0.6) is 0 Å². The monoisotopic (exact) mass is 343 g/mol. The molecule has 5 nitrogen and oxygen atoms in total. The van der Waals surface area contributed by atoms with Crippen molar-refractivity contribution in [1.29, 1.82) is 0 Å². The molecule has 1 aromatic heterocycles. The Morgan fingerprint density at radius 1 is 0.880 bits per heavy atom. The van der Waals surface area contributed by atoms with Crippen molar-refractivity contribution in [2.75, 3.05) is 39.3 Å². The van der Waals surface area contributed by atoms with E-state index in [4.69, 9.17) is 0 Å². The third kappa shape index (κ3) is 3.51. The lowest BCUT2D eigenvalue weighted by Crippen LogP contribution is -2.63. The van der Waals surface area contributed by atoms with Crippen LogP contribution in [0.3, 0.4) is 0 Å². The van der Waals surface area contributed by atoms with Gasteiger partial charge in [0.25, 0.3) is 0 Å². The van der Waals surface area contributed by atoms with Crippen LogP contribution in [0.4, 0.5) is 0 Å². The van der Waals surface area contributed by atoms with E-state index in [1.54, 1.807) is 0 Å². The van der Waals surface area contributed by atoms with E-state index < -0.39 is 0 Å². The van der Waals surface area contributed by atoms with Gasteiger partial charge >= 0.3 is 0 Å². The van der Waals surface area contributed by atoms with Crippen molar-refractivity contribution in [3.8, 4) is 0 Å². The van der Waals surface area contributed by atoms with Crippen LogP contribution in [-0.4, -0.2) is 76.2 Å². The number of aromatic amines is 1. The SMILES string of the molecule is c1n[nH]c(C2CC2)c1CN1CC(N2CCN(C3CCCCC3)CC2)C1. The average molecular weight is 344 g/mol. The first-order valence-electron chi connectivity index (χ1n) is 10.6. The molecule has 5 heteroatoms. The molecule has 0 unspecified atom stereocenters. The third-order valence-corrected chi connectivity index (χ3v) is 7.03. The molecule has 0 radical (unpaired) electrons. The maximum Gasteiger partial charge on any atom is 0.0535 e. The lowest BCUT2D eigenvalue weighted by atomic mass is 9.93. The van der Waals surface area contributed by atoms with Gasteiger partial charge in [-0.25, -0.2) is 0 Å². The van der Waals surface area contributed by atoms with Gasteiger partial charge in [-0.15, -0.1) is 0 Å². The molecule has 2 saturated heterocycles. The fourth-order valence-corrected chi connectivity index (χ4v) is 5.23. The molecular formula is C20H33N5. The van der Waals surface area contributed by atoms with Crippen molar-refractivity contribution in [1.82, 2.24) is 24.9 Å². The van der Waals surface area contributed by atoms with E-state index in [0.717, 1.165) is 24.5 Å². The van der Waals surface area contributed by atoms with Crippen LogP contribution in [0.15, 0.2) is 6.20 Å². The second-order valence-corrected chi connectivity index (χ2v) is 8.79. The quantitative estimate of drug-likeness (QED) is 0.891. The molecule has 2 aliphatic carbocycles. The van der Waals surface area contributed by atoms with Crippen molar-refractivity contribution in [3.63, 3.8) is 0 Å². The molecule has 25 heavy (non-hydrogen) atoms. The largest absolute Gasteiger partial charge is 0.298 e. The highest BCUT2D eigenvalue weighted by Gasteiger charge is 2.36. The van der Waals surface area contributed by atoms with Crippen LogP contribution in [0.1, 0.15) is 62.1 Å². The lowest BCUT2D eigenvalue weighted by molar-refractivity contribution is -0.0105. The van der Waals surface area contributed by atoms with Crippen LogP contribution < -0.4 is 0 Å². The number of hydrogen-bond donors (Lipinski definition) is 1. The van der Waals surface area contributed by atoms with Gasteiger partial charge in [-0.2, -0.15) is 5.10 Å². The van der Waals surface area contributed by atoms with Crippen molar-refractivity contribution < 1.29 is 0 Å². The van der Waals surface area contributed by atoms with Crippen LogP contribution in [0.25, 0.3) is 0 Å². The summed E-state index contributed by atoms with van der Waals surface area (Å²) >= 11 is 0. The minimum Gasteiger partial charge on any atom is -0.298 e. The first-order valence-corrected chi connectivity index (χ1v) is 10.6. The second kappa shape index (κ2) is 7.01. The van der Waals surface area contributed by atoms with E-state index in [0.29, 0.717) is 0 Å². The summed E-state index contributed by atoms with van der Waals surface area (Å²) < 4.78 is 0. The molecule has 1 N–H and O–H groups in total. The lowest BCUT2D eigenvalue weighted by Gasteiger charge is -2.49. The standard InChI is InChI=1S/C20H33N5/c1-2-4-18(5-3-1)24-8-10-25(11-9-24)19-14-23(15-19)13-17-12-21-22-20(17)16-6-7-16/h12,16,18-19H,1-11,13-15H2,(H,21,22). The molecule has 2 saturated carbocycles. The summed E-state index contributed by atoms with van der Waals surface area (Å²) in [6.07, 6.45) is 12.0. The average Bonchev–Trinajstić information content (AvgIpc) is 3.37. The van der Waals surface area contributed by atoms with Crippen molar-refractivity contribution in [3.05, 3.63) is 17.5 Å². The minimum absolute atomic E-state index is 0.780. The van der Waals surface area contributed by atoms with Crippen molar-refractivity contribution >= 4 is 0 Å². The number of aromatic nitrogens is 2. The van der Waals surface area contributed by atoms with Crippen LogP contribution in [-0.2, 0) is 6.54 Å². The minimum atomic E-state index is 0.780. The highest BCUT2D eigenvalue weighted by Crippen LogP contribution is 2.40. The molecule has 0 aromatic carbocycles. The van der Waals surface area contributed by atoms with Gasteiger partial charge in [0.05, 0.1) is 6.20 Å². The molecule has 4 fully saturated rings. The van der Waals surface area contributed by atoms with Crippen molar-refractivity contribution in [2.45, 2.75) is 69.5 Å². The Morgan fingerprint density at radius 2 is 1.56 bits per heavy atom. The topological polar surface area (TPSA) is 38.4 Å². The van der Waals surface area contributed by atoms with Crippen LogP contribution in [0, 0.1) is 0 Å². The van der Waals surface area contributed by atoms with Gasteiger partial charge in [-0.1, -0.05) is 19.3 Å². The molecular weight excluding hydrogens is 310 g/mol. The number of nitrogens with zero attached hydrogens (tertiary/aromatic N) is 4. The van der Waals surface area contributed by atoms with Gasteiger partial charge < -0.3 is 0 Å². The number of rotatable bonds is 5. The third-order valence-electron chi connectivity index (χ3n) is 7.03. The smallest absolute Gasteiger partial charge is 0.0535 e. The Labute approximate surface area is 151 Å². The Balaban J connectivity index is 1.07. The Kier molecular flexibility index (Phi) is 4.56. The maximum absolute atomic E-state index is 4.29. The fourth-order valence-electron chi connectivity index (χ4n) is 5.23. The Morgan fingerprint density at radius 3 is 2.24 bits per heavy atom. The van der Waals surface area contributed by atoms with Gasteiger partial charge in [-0.05, 0) is 25.7 Å². The number of nitrogens with one attached hydrogen (secondary N) is 1. The summed E-state index contributed by atoms with van der Waals surface area (Å²) in [7, 11) is 0. The van der Waals surface area contributed by atoms with Gasteiger partial charge in [0.15, 0.2) is 0 Å². The summed E-state index contributed by atoms with van der Waals surface area (Å²) in [6, 6.07) is 1.69. The zero-order chi connectivity index (χ0) is 16.6. The molecule has 5 rings (SSSR count). The van der Waals surface area contributed by atoms with E-state index in [2.05, 4.69) is 31.1 Å². The zero-order valence-corrected chi connectivity index (χ0v) is 15.5. The number of H-pyrrole nitrogens is 1. The maximum atomic E-state index is 4.29. The summed E-state index contributed by atoms with van der Waals surface area (Å²) in [5, 5.41) is 7.53. The summed E-state index contributed by atoms with van der Waals surface area (Å²) in [5.41, 5.74) is 2.87. The van der Waals surface area contributed by atoms with Crippen LogP contribution in [0.2, 0.25) is 0 Å². The first-order chi connectivity index (χ1) is 12.4. The number of likely N-dealkylation sites (tertiary alicyclic amines) is 1. The molecule has 1 aromatic rings. The highest BCUT2D eigenvalue weighted by molar-refractivity contribution is 5.24. The molecule has 0 amide bonds. The van der Waals surface area contributed by atoms with E-state index in [-0.39, 0.29) is 0 Å². The predicted octanol–water partition coefficient (Wildman–Crippen LogP) is 2.42. The molecule has 2 aliphatic heterocycles. The van der Waals surface area contributed by atoms with E-state index in [1.807, 2.05) is 0 Å². The number of piperazine rings is 1. The Bertz CT molecular complexity index is 560. The highest BCUT2D eigenvalue weighted by atomic mass is 15.4. The molecule has 0 atom stereocenters. The van der Waals surface area contributed by atoms with E-state index >= 15 is 0 Å². The molecule has 0 spiro atoms. The zero-order valence-electron chi connectivity index (χ0n) is 15.5. The predicted molar refractivity (Wildman–Crippen MR) is 99.6 cm³/mol. The molecule has 138 valence electrons. The molecule has 0 bridgehead atoms. The van der Waals surface area contributed by atoms with Gasteiger partial charge in [-0.3, -0.25) is 19.8 Å².